The summed E-state index contributed by atoms with van der Waals surface area (Å²) in [5.74, 6) is 5.08. The van der Waals surface area contributed by atoms with E-state index in [0.29, 0.717) is 5.58 Å². The molecule has 0 saturated heterocycles. The maximum atomic E-state index is 13.0. The Kier molecular flexibility index (Phi) is 3.07. The van der Waals surface area contributed by atoms with Gasteiger partial charge in [-0.15, -0.1) is 0 Å². The third-order valence-corrected chi connectivity index (χ3v) is 2.69. The zero-order chi connectivity index (χ0) is 12.6. The van der Waals surface area contributed by atoms with Crippen molar-refractivity contribution in [2.45, 2.75) is 18.3 Å². The second-order valence-electron chi connectivity index (χ2n) is 3.83. The van der Waals surface area contributed by atoms with Gasteiger partial charge in [0.05, 0.1) is 0 Å². The van der Waals surface area contributed by atoms with Crippen LogP contribution >= 0.6 is 11.6 Å². The van der Waals surface area contributed by atoms with Gasteiger partial charge < -0.3 is 4.42 Å². The largest absolute Gasteiger partial charge is 0.459 e. The summed E-state index contributed by atoms with van der Waals surface area (Å²) < 4.78 is 31.4. The first-order chi connectivity index (χ1) is 7.91. The number of rotatable bonds is 3. The van der Waals surface area contributed by atoms with Crippen molar-refractivity contribution in [3.63, 3.8) is 0 Å². The molecule has 1 unspecified atom stereocenters. The summed E-state index contributed by atoms with van der Waals surface area (Å²) in [5.41, 5.74) is 3.49. The molecule has 0 aliphatic rings. The molecule has 0 aliphatic heterocycles. The predicted octanol–water partition coefficient (Wildman–Crippen LogP) is 3.08. The van der Waals surface area contributed by atoms with Gasteiger partial charge in [-0.05, 0) is 36.7 Å². The number of alkyl halides is 3. The molecule has 0 aliphatic carbocycles. The van der Waals surface area contributed by atoms with Crippen molar-refractivity contribution in [3.05, 3.63) is 35.6 Å². The van der Waals surface area contributed by atoms with Gasteiger partial charge in [-0.25, -0.2) is 5.43 Å². The van der Waals surface area contributed by atoms with Crippen LogP contribution in [0.15, 0.2) is 28.7 Å². The Labute approximate surface area is 101 Å². The minimum atomic E-state index is -3.52. The molecule has 3 nitrogen and oxygen atoms in total. The zero-order valence-corrected chi connectivity index (χ0v) is 9.76. The lowest BCUT2D eigenvalue weighted by molar-refractivity contribution is 0.0417. The quantitative estimate of drug-likeness (QED) is 0.507. The Morgan fingerprint density at radius 2 is 2.12 bits per heavy atom. The molecule has 17 heavy (non-hydrogen) atoms. The van der Waals surface area contributed by atoms with Crippen LogP contribution < -0.4 is 11.3 Å². The second kappa shape index (κ2) is 4.25. The van der Waals surface area contributed by atoms with Crippen molar-refractivity contribution in [3.8, 4) is 0 Å². The standard InChI is InChI=1S/C11H11ClF2N2O/c1-6-2-3-8-7(4-6)5-9(17-8)10(16-15)11(12,13)14/h2-5,10,16H,15H2,1H3. The first-order valence-electron chi connectivity index (χ1n) is 4.95. The van der Waals surface area contributed by atoms with Crippen LogP contribution in [0.1, 0.15) is 17.4 Å². The number of aryl methyl sites for hydroxylation is 1. The number of hydrogen-bond acceptors (Lipinski definition) is 3. The van der Waals surface area contributed by atoms with Crippen LogP contribution in [0.4, 0.5) is 8.78 Å². The van der Waals surface area contributed by atoms with Crippen LogP contribution in [0.2, 0.25) is 0 Å². The number of benzene rings is 1. The predicted molar refractivity (Wildman–Crippen MR) is 61.8 cm³/mol. The molecule has 2 rings (SSSR count). The van der Waals surface area contributed by atoms with E-state index in [4.69, 9.17) is 21.9 Å². The molecular weight excluding hydrogens is 250 g/mol. The lowest BCUT2D eigenvalue weighted by atomic mass is 10.1. The number of fused-ring (bicyclic) bond motifs is 1. The van der Waals surface area contributed by atoms with E-state index in [1.54, 1.807) is 6.07 Å². The lowest BCUT2D eigenvalue weighted by Crippen LogP contribution is -2.37. The summed E-state index contributed by atoms with van der Waals surface area (Å²) in [6.07, 6.45) is 0. The van der Waals surface area contributed by atoms with E-state index in [9.17, 15) is 8.78 Å². The van der Waals surface area contributed by atoms with Crippen molar-refractivity contribution in [2.75, 3.05) is 0 Å². The van der Waals surface area contributed by atoms with E-state index >= 15 is 0 Å². The van der Waals surface area contributed by atoms with E-state index in [0.717, 1.165) is 10.9 Å². The smallest absolute Gasteiger partial charge is 0.345 e. The molecule has 0 bridgehead atoms. The Morgan fingerprint density at radius 3 is 2.71 bits per heavy atom. The van der Waals surface area contributed by atoms with Crippen molar-refractivity contribution in [1.82, 2.24) is 5.43 Å². The molecule has 0 spiro atoms. The third kappa shape index (κ3) is 2.41. The average molecular weight is 261 g/mol. The highest BCUT2D eigenvalue weighted by molar-refractivity contribution is 6.22. The summed E-state index contributed by atoms with van der Waals surface area (Å²) >= 11 is 4.96. The number of furan rings is 1. The summed E-state index contributed by atoms with van der Waals surface area (Å²) in [6, 6.07) is 5.33. The molecule has 0 fully saturated rings. The maximum Gasteiger partial charge on any atom is 0.345 e. The van der Waals surface area contributed by atoms with Gasteiger partial charge >= 0.3 is 5.38 Å². The van der Waals surface area contributed by atoms with E-state index in [1.165, 1.54) is 6.07 Å². The number of nitrogens with two attached hydrogens (primary N) is 1. The van der Waals surface area contributed by atoms with Gasteiger partial charge in [0, 0.05) is 5.39 Å². The van der Waals surface area contributed by atoms with Crippen LogP contribution in [0.5, 0.6) is 0 Å². The molecule has 1 heterocycles. The Bertz CT molecular complexity index is 536. The van der Waals surface area contributed by atoms with Gasteiger partial charge in [0.1, 0.15) is 11.3 Å². The highest BCUT2D eigenvalue weighted by Crippen LogP contribution is 2.36. The maximum absolute atomic E-state index is 13.0. The van der Waals surface area contributed by atoms with Gasteiger partial charge in [0.25, 0.3) is 0 Å². The monoisotopic (exact) mass is 260 g/mol. The van der Waals surface area contributed by atoms with Crippen LogP contribution in [-0.4, -0.2) is 5.38 Å². The van der Waals surface area contributed by atoms with Crippen molar-refractivity contribution < 1.29 is 13.2 Å². The minimum absolute atomic E-state index is 0.00750. The SMILES string of the molecule is Cc1ccc2oc(C(NN)C(F)(F)Cl)cc2c1. The fraction of sp³-hybridized carbons (Fsp3) is 0.273. The Morgan fingerprint density at radius 1 is 1.41 bits per heavy atom. The molecular formula is C11H11ClF2N2O. The molecule has 1 aromatic heterocycles. The summed E-state index contributed by atoms with van der Waals surface area (Å²) in [7, 11) is 0. The van der Waals surface area contributed by atoms with Crippen molar-refractivity contribution >= 4 is 22.6 Å². The van der Waals surface area contributed by atoms with Gasteiger partial charge in [-0.1, -0.05) is 11.6 Å². The highest BCUT2D eigenvalue weighted by Gasteiger charge is 2.40. The normalized spacial score (nSPS) is 14.2. The highest BCUT2D eigenvalue weighted by atomic mass is 35.5. The molecule has 1 aromatic carbocycles. The Hall–Kier alpha value is -1.17. The van der Waals surface area contributed by atoms with Crippen molar-refractivity contribution in [1.29, 1.82) is 0 Å². The second-order valence-corrected chi connectivity index (χ2v) is 4.34. The molecule has 1 atom stereocenters. The van der Waals surface area contributed by atoms with E-state index in [2.05, 4.69) is 0 Å². The van der Waals surface area contributed by atoms with E-state index in [1.807, 2.05) is 24.5 Å². The first-order valence-corrected chi connectivity index (χ1v) is 5.32. The minimum Gasteiger partial charge on any atom is -0.459 e. The van der Waals surface area contributed by atoms with E-state index < -0.39 is 11.4 Å². The lowest BCUT2D eigenvalue weighted by Gasteiger charge is -2.17. The number of hydrazine groups is 1. The molecule has 0 amide bonds. The molecule has 0 saturated carbocycles. The van der Waals surface area contributed by atoms with Gasteiger partial charge in [0.2, 0.25) is 0 Å². The topological polar surface area (TPSA) is 51.2 Å². The summed E-state index contributed by atoms with van der Waals surface area (Å²) in [4.78, 5) is 0. The van der Waals surface area contributed by atoms with Gasteiger partial charge in [-0.2, -0.15) is 8.78 Å². The fourth-order valence-corrected chi connectivity index (χ4v) is 1.83. The fourth-order valence-electron chi connectivity index (χ4n) is 1.66. The number of halogens is 3. The average Bonchev–Trinajstić information content (AvgIpc) is 2.58. The van der Waals surface area contributed by atoms with Gasteiger partial charge in [0.15, 0.2) is 6.04 Å². The Balaban J connectivity index is 2.48. The van der Waals surface area contributed by atoms with Crippen LogP contribution in [-0.2, 0) is 0 Å². The van der Waals surface area contributed by atoms with E-state index in [-0.39, 0.29) is 5.76 Å². The summed E-state index contributed by atoms with van der Waals surface area (Å²) in [5, 5.41) is -2.78. The summed E-state index contributed by atoms with van der Waals surface area (Å²) in [6.45, 7) is 1.90. The third-order valence-electron chi connectivity index (χ3n) is 2.47. The molecule has 92 valence electrons. The van der Waals surface area contributed by atoms with Crippen molar-refractivity contribution in [2.24, 2.45) is 5.84 Å². The zero-order valence-electron chi connectivity index (χ0n) is 9.01. The molecule has 2 aromatic rings. The van der Waals surface area contributed by atoms with Crippen LogP contribution in [0.3, 0.4) is 0 Å². The van der Waals surface area contributed by atoms with Crippen LogP contribution in [0.25, 0.3) is 11.0 Å². The molecule has 3 N–H and O–H groups in total. The molecule has 6 heteroatoms. The number of hydrogen-bond donors (Lipinski definition) is 2. The van der Waals surface area contributed by atoms with Gasteiger partial charge in [-0.3, -0.25) is 5.84 Å². The molecule has 0 radical (unpaired) electrons. The number of nitrogens with one attached hydrogen (secondary N) is 1. The first kappa shape index (κ1) is 12.3. The van der Waals surface area contributed by atoms with Crippen LogP contribution in [0, 0.1) is 6.92 Å².